The van der Waals surface area contributed by atoms with Crippen molar-refractivity contribution >= 4 is 5.91 Å². The fraction of sp³-hybridized carbons (Fsp3) is 0.250. The molecule has 0 saturated heterocycles. The van der Waals surface area contributed by atoms with Crippen molar-refractivity contribution in [3.63, 3.8) is 0 Å². The number of aliphatic hydroxyl groups is 1. The zero-order valence-electron chi connectivity index (χ0n) is 11.4. The predicted octanol–water partition coefficient (Wildman–Crippen LogP) is 1.72. The van der Waals surface area contributed by atoms with Crippen molar-refractivity contribution in [3.05, 3.63) is 65.5 Å². The minimum Gasteiger partial charge on any atom is -0.391 e. The van der Waals surface area contributed by atoms with Gasteiger partial charge in [0.05, 0.1) is 11.7 Å². The monoisotopic (exact) mass is 270 g/mol. The summed E-state index contributed by atoms with van der Waals surface area (Å²) in [4.78, 5) is 15.9. The molecule has 0 aliphatic rings. The normalized spacial score (nSPS) is 11.9. The fourth-order valence-electron chi connectivity index (χ4n) is 1.87. The number of nitrogens with one attached hydrogen (secondary N) is 1. The fourth-order valence-corrected chi connectivity index (χ4v) is 1.87. The molecule has 4 heteroatoms. The molecule has 2 rings (SSSR count). The number of hydrogen-bond acceptors (Lipinski definition) is 3. The average Bonchev–Trinajstić information content (AvgIpc) is 2.46. The molecule has 0 spiro atoms. The van der Waals surface area contributed by atoms with Gasteiger partial charge in [-0.2, -0.15) is 0 Å². The second-order valence-electron chi connectivity index (χ2n) is 4.74. The van der Waals surface area contributed by atoms with Crippen LogP contribution in [0, 0.1) is 6.92 Å². The molecule has 1 unspecified atom stereocenters. The molecule has 20 heavy (non-hydrogen) atoms. The molecule has 1 atom stereocenters. The molecule has 104 valence electrons. The van der Waals surface area contributed by atoms with Gasteiger partial charge in [-0.3, -0.25) is 9.78 Å². The number of pyridine rings is 1. The topological polar surface area (TPSA) is 62.2 Å². The highest BCUT2D eigenvalue weighted by atomic mass is 16.3. The maximum atomic E-state index is 11.9. The van der Waals surface area contributed by atoms with Crippen molar-refractivity contribution in [2.24, 2.45) is 0 Å². The first kappa shape index (κ1) is 14.2. The van der Waals surface area contributed by atoms with Gasteiger partial charge in [-0.15, -0.1) is 0 Å². The van der Waals surface area contributed by atoms with Crippen LogP contribution in [0.15, 0.2) is 48.7 Å². The Kier molecular flexibility index (Phi) is 4.85. The van der Waals surface area contributed by atoms with E-state index in [4.69, 9.17) is 0 Å². The first-order valence-corrected chi connectivity index (χ1v) is 6.58. The number of carbonyl (C=O) groups excluding carboxylic acids is 1. The summed E-state index contributed by atoms with van der Waals surface area (Å²) < 4.78 is 0. The molecule has 1 aromatic heterocycles. The standard InChI is InChI=1S/C16H18N2O2/c1-12-7-8-14(10-17-12)16(20)18-11-15(19)9-13-5-3-2-4-6-13/h2-8,10,15,19H,9,11H2,1H3,(H,18,20). The number of aromatic nitrogens is 1. The molecule has 0 bridgehead atoms. The van der Waals surface area contributed by atoms with Crippen LogP contribution in [0.25, 0.3) is 0 Å². The van der Waals surface area contributed by atoms with Gasteiger partial charge < -0.3 is 10.4 Å². The lowest BCUT2D eigenvalue weighted by molar-refractivity contribution is 0.0915. The van der Waals surface area contributed by atoms with Crippen molar-refractivity contribution in [1.82, 2.24) is 10.3 Å². The van der Waals surface area contributed by atoms with E-state index in [2.05, 4.69) is 10.3 Å². The van der Waals surface area contributed by atoms with Crippen LogP contribution in [0.4, 0.5) is 0 Å². The molecular formula is C16H18N2O2. The van der Waals surface area contributed by atoms with E-state index in [-0.39, 0.29) is 12.5 Å². The summed E-state index contributed by atoms with van der Waals surface area (Å²) in [5.41, 5.74) is 2.42. The Hall–Kier alpha value is -2.20. The van der Waals surface area contributed by atoms with Gasteiger partial charge in [0.15, 0.2) is 0 Å². The molecule has 0 aliphatic heterocycles. The summed E-state index contributed by atoms with van der Waals surface area (Å²) in [6.45, 7) is 2.09. The highest BCUT2D eigenvalue weighted by Crippen LogP contribution is 2.03. The molecule has 2 aromatic rings. The van der Waals surface area contributed by atoms with Crippen LogP contribution >= 0.6 is 0 Å². The van der Waals surface area contributed by atoms with Crippen LogP contribution in [0.5, 0.6) is 0 Å². The molecule has 0 saturated carbocycles. The summed E-state index contributed by atoms with van der Waals surface area (Å²) in [6, 6.07) is 13.2. The molecule has 0 aliphatic carbocycles. The lowest BCUT2D eigenvalue weighted by atomic mass is 10.1. The number of hydrogen-bond donors (Lipinski definition) is 2. The highest BCUT2D eigenvalue weighted by Gasteiger charge is 2.09. The van der Waals surface area contributed by atoms with E-state index in [0.717, 1.165) is 11.3 Å². The Bertz CT molecular complexity index is 552. The Morgan fingerprint density at radius 3 is 2.65 bits per heavy atom. The van der Waals surface area contributed by atoms with Crippen LogP contribution in [0.1, 0.15) is 21.6 Å². The Labute approximate surface area is 118 Å². The largest absolute Gasteiger partial charge is 0.391 e. The molecule has 1 aromatic carbocycles. The smallest absolute Gasteiger partial charge is 0.252 e. The Morgan fingerprint density at radius 2 is 2.00 bits per heavy atom. The molecular weight excluding hydrogens is 252 g/mol. The van der Waals surface area contributed by atoms with Crippen LogP contribution in [0.2, 0.25) is 0 Å². The molecule has 1 heterocycles. The van der Waals surface area contributed by atoms with Gasteiger partial charge in [0.25, 0.3) is 5.91 Å². The van der Waals surface area contributed by atoms with Crippen LogP contribution in [0.3, 0.4) is 0 Å². The van der Waals surface area contributed by atoms with Crippen molar-refractivity contribution in [2.75, 3.05) is 6.54 Å². The summed E-state index contributed by atoms with van der Waals surface area (Å²) in [5.74, 6) is -0.218. The van der Waals surface area contributed by atoms with Gasteiger partial charge in [0.2, 0.25) is 0 Å². The van der Waals surface area contributed by atoms with E-state index >= 15 is 0 Å². The van der Waals surface area contributed by atoms with Crippen LogP contribution < -0.4 is 5.32 Å². The predicted molar refractivity (Wildman–Crippen MR) is 77.5 cm³/mol. The second kappa shape index (κ2) is 6.82. The lowest BCUT2D eigenvalue weighted by Gasteiger charge is -2.12. The number of aliphatic hydroxyl groups excluding tert-OH is 1. The minimum absolute atomic E-state index is 0.218. The molecule has 4 nitrogen and oxygen atoms in total. The zero-order valence-corrected chi connectivity index (χ0v) is 11.4. The van der Waals surface area contributed by atoms with Gasteiger partial charge in [-0.05, 0) is 24.6 Å². The van der Waals surface area contributed by atoms with Gasteiger partial charge >= 0.3 is 0 Å². The number of nitrogens with zero attached hydrogens (tertiary/aromatic N) is 1. The third-order valence-electron chi connectivity index (χ3n) is 2.99. The van der Waals surface area contributed by atoms with Crippen molar-refractivity contribution < 1.29 is 9.90 Å². The Morgan fingerprint density at radius 1 is 1.25 bits per heavy atom. The SMILES string of the molecule is Cc1ccc(C(=O)NCC(O)Cc2ccccc2)cn1. The van der Waals surface area contributed by atoms with Gasteiger partial charge in [0.1, 0.15) is 0 Å². The number of benzene rings is 1. The molecule has 0 radical (unpaired) electrons. The third-order valence-corrected chi connectivity index (χ3v) is 2.99. The number of carbonyl (C=O) groups is 1. The van der Waals surface area contributed by atoms with Gasteiger partial charge in [-0.1, -0.05) is 30.3 Å². The number of rotatable bonds is 5. The maximum Gasteiger partial charge on any atom is 0.252 e. The summed E-state index contributed by atoms with van der Waals surface area (Å²) in [6.07, 6.45) is 1.46. The quantitative estimate of drug-likeness (QED) is 0.869. The third kappa shape index (κ3) is 4.17. The second-order valence-corrected chi connectivity index (χ2v) is 4.74. The van der Waals surface area contributed by atoms with Crippen molar-refractivity contribution in [3.8, 4) is 0 Å². The lowest BCUT2D eigenvalue weighted by Crippen LogP contribution is -2.33. The van der Waals surface area contributed by atoms with Crippen LogP contribution in [-0.4, -0.2) is 28.6 Å². The maximum absolute atomic E-state index is 11.9. The minimum atomic E-state index is -0.597. The molecule has 2 N–H and O–H groups in total. The van der Waals surface area contributed by atoms with E-state index in [1.165, 1.54) is 6.20 Å². The Balaban J connectivity index is 1.82. The summed E-state index contributed by atoms with van der Waals surface area (Å²) in [5, 5.41) is 12.6. The van der Waals surface area contributed by atoms with E-state index in [1.807, 2.05) is 37.3 Å². The number of amides is 1. The molecule has 0 fully saturated rings. The van der Waals surface area contributed by atoms with E-state index < -0.39 is 6.10 Å². The first-order chi connectivity index (χ1) is 9.65. The van der Waals surface area contributed by atoms with Crippen molar-refractivity contribution in [1.29, 1.82) is 0 Å². The van der Waals surface area contributed by atoms with E-state index in [9.17, 15) is 9.90 Å². The average molecular weight is 270 g/mol. The summed E-state index contributed by atoms with van der Waals surface area (Å²) in [7, 11) is 0. The molecule has 1 amide bonds. The van der Waals surface area contributed by atoms with Crippen LogP contribution in [-0.2, 0) is 6.42 Å². The van der Waals surface area contributed by atoms with E-state index in [1.54, 1.807) is 12.1 Å². The number of aryl methyl sites for hydroxylation is 1. The van der Waals surface area contributed by atoms with Crippen molar-refractivity contribution in [2.45, 2.75) is 19.4 Å². The highest BCUT2D eigenvalue weighted by molar-refractivity contribution is 5.93. The van der Waals surface area contributed by atoms with Gasteiger partial charge in [-0.25, -0.2) is 0 Å². The summed E-state index contributed by atoms with van der Waals surface area (Å²) >= 11 is 0. The zero-order chi connectivity index (χ0) is 14.4. The van der Waals surface area contributed by atoms with E-state index in [0.29, 0.717) is 12.0 Å². The van der Waals surface area contributed by atoms with Gasteiger partial charge in [0, 0.05) is 24.9 Å². The first-order valence-electron chi connectivity index (χ1n) is 6.58.